The second-order valence-electron chi connectivity index (χ2n) is 8.93. The number of amides is 1. The van der Waals surface area contributed by atoms with E-state index in [1.165, 1.54) is 19.5 Å². The van der Waals surface area contributed by atoms with Gasteiger partial charge in [0.15, 0.2) is 0 Å². The highest BCUT2D eigenvalue weighted by atomic mass is 16.2. The zero-order valence-corrected chi connectivity index (χ0v) is 15.3. The lowest BCUT2D eigenvalue weighted by atomic mass is 9.82. The average Bonchev–Trinajstić information content (AvgIpc) is 2.95. The second kappa shape index (κ2) is 5.87. The summed E-state index contributed by atoms with van der Waals surface area (Å²) in [6, 6.07) is 0.665. The Balaban J connectivity index is 1.35. The summed E-state index contributed by atoms with van der Waals surface area (Å²) in [5, 5.41) is 0. The maximum absolute atomic E-state index is 12.8. The summed E-state index contributed by atoms with van der Waals surface area (Å²) in [4.78, 5) is 22.0. The second-order valence-corrected chi connectivity index (χ2v) is 8.93. The van der Waals surface area contributed by atoms with E-state index in [-0.39, 0.29) is 5.91 Å². The van der Waals surface area contributed by atoms with Crippen molar-refractivity contribution in [2.45, 2.75) is 59.0 Å². The minimum atomic E-state index is 0.131. The van der Waals surface area contributed by atoms with E-state index in [2.05, 4.69) is 35.2 Å². The van der Waals surface area contributed by atoms with Gasteiger partial charge in [0.05, 0.1) is 0 Å². The van der Waals surface area contributed by atoms with Crippen molar-refractivity contribution < 1.29 is 4.79 Å². The van der Waals surface area contributed by atoms with E-state index in [0.717, 1.165) is 44.7 Å². The van der Waals surface area contributed by atoms with Crippen LogP contribution in [0.25, 0.3) is 0 Å². The van der Waals surface area contributed by atoms with Gasteiger partial charge in [-0.3, -0.25) is 9.69 Å². The molecule has 0 spiro atoms. The third kappa shape index (κ3) is 2.99. The molecule has 3 aliphatic rings. The van der Waals surface area contributed by atoms with Gasteiger partial charge in [0.25, 0.3) is 5.91 Å². The molecule has 0 bridgehead atoms. The highest BCUT2D eigenvalue weighted by Crippen LogP contribution is 2.33. The fourth-order valence-electron chi connectivity index (χ4n) is 4.63. The van der Waals surface area contributed by atoms with Crippen LogP contribution >= 0.6 is 0 Å². The van der Waals surface area contributed by atoms with E-state index < -0.39 is 0 Å². The molecule has 2 saturated heterocycles. The number of nitrogens with zero attached hydrogens (tertiary/aromatic N) is 4. The van der Waals surface area contributed by atoms with Crippen molar-refractivity contribution >= 4 is 5.91 Å². The quantitative estimate of drug-likeness (QED) is 0.836. The van der Waals surface area contributed by atoms with E-state index in [4.69, 9.17) is 0 Å². The summed E-state index contributed by atoms with van der Waals surface area (Å²) < 4.78 is 2.19. The molecule has 2 fully saturated rings. The molecule has 5 heteroatoms. The number of aromatic nitrogens is 2. The molecule has 3 aliphatic heterocycles. The number of imidazole rings is 1. The highest BCUT2D eigenvalue weighted by molar-refractivity contribution is 5.92. The molecule has 24 heavy (non-hydrogen) atoms. The maximum Gasteiger partial charge on any atom is 0.274 e. The Bertz CT molecular complexity index is 619. The third-order valence-corrected chi connectivity index (χ3v) is 5.98. The van der Waals surface area contributed by atoms with E-state index >= 15 is 0 Å². The van der Waals surface area contributed by atoms with Crippen LogP contribution in [-0.2, 0) is 13.0 Å². The fraction of sp³-hybridized carbons (Fsp3) is 0.789. The Hall–Kier alpha value is -1.36. The first-order valence-electron chi connectivity index (χ1n) is 9.51. The number of aryl methyl sites for hydroxylation is 1. The first-order valence-corrected chi connectivity index (χ1v) is 9.51. The summed E-state index contributed by atoms with van der Waals surface area (Å²) in [6.45, 7) is 12.1. The number of rotatable bonds is 2. The molecular weight excluding hydrogens is 300 g/mol. The molecule has 5 nitrogen and oxygen atoms in total. The molecule has 4 heterocycles. The molecule has 132 valence electrons. The lowest BCUT2D eigenvalue weighted by Gasteiger charge is -2.51. The highest BCUT2D eigenvalue weighted by Gasteiger charge is 2.39. The van der Waals surface area contributed by atoms with Crippen LogP contribution < -0.4 is 0 Å². The minimum Gasteiger partial charge on any atom is -0.337 e. The van der Waals surface area contributed by atoms with Crippen LogP contribution in [0.2, 0.25) is 0 Å². The fourth-order valence-corrected chi connectivity index (χ4v) is 4.63. The van der Waals surface area contributed by atoms with Gasteiger partial charge in [-0.2, -0.15) is 0 Å². The van der Waals surface area contributed by atoms with Crippen molar-refractivity contribution in [3.05, 3.63) is 17.7 Å². The summed E-state index contributed by atoms with van der Waals surface area (Å²) in [7, 11) is 0. The molecule has 1 unspecified atom stereocenters. The Labute approximate surface area is 145 Å². The topological polar surface area (TPSA) is 41.4 Å². The van der Waals surface area contributed by atoms with Crippen molar-refractivity contribution in [3.8, 4) is 0 Å². The van der Waals surface area contributed by atoms with E-state index in [0.29, 0.717) is 23.1 Å². The molecule has 0 N–H and O–H groups in total. The number of carbonyl (C=O) groups is 1. The van der Waals surface area contributed by atoms with Crippen molar-refractivity contribution in [1.82, 2.24) is 19.4 Å². The van der Waals surface area contributed by atoms with Gasteiger partial charge < -0.3 is 9.47 Å². The summed E-state index contributed by atoms with van der Waals surface area (Å²) in [5.41, 5.74) is 1.14. The predicted molar refractivity (Wildman–Crippen MR) is 94.0 cm³/mol. The van der Waals surface area contributed by atoms with Gasteiger partial charge in [-0.25, -0.2) is 4.98 Å². The molecule has 4 rings (SSSR count). The number of carbonyl (C=O) groups excluding carboxylic acids is 1. The molecule has 0 aliphatic carbocycles. The monoisotopic (exact) mass is 330 g/mol. The van der Waals surface area contributed by atoms with Crippen LogP contribution in [0, 0.1) is 11.3 Å². The molecule has 0 saturated carbocycles. The van der Waals surface area contributed by atoms with Crippen molar-refractivity contribution in [1.29, 1.82) is 0 Å². The number of piperidine rings is 1. The average molecular weight is 330 g/mol. The van der Waals surface area contributed by atoms with Gasteiger partial charge in [-0.15, -0.1) is 0 Å². The van der Waals surface area contributed by atoms with Crippen LogP contribution in [0.5, 0.6) is 0 Å². The van der Waals surface area contributed by atoms with Crippen molar-refractivity contribution in [3.63, 3.8) is 0 Å². The molecular formula is C19H30N4O. The van der Waals surface area contributed by atoms with Crippen molar-refractivity contribution in [2.75, 3.05) is 26.2 Å². The van der Waals surface area contributed by atoms with Gasteiger partial charge in [0, 0.05) is 51.4 Å². The van der Waals surface area contributed by atoms with E-state index in [9.17, 15) is 4.79 Å². The van der Waals surface area contributed by atoms with Gasteiger partial charge in [-0.05, 0) is 30.6 Å². The number of fused-ring (bicyclic) bond motifs is 1. The normalized spacial score (nSPS) is 27.6. The SMILES string of the molecule is CC1CCc2nc(C(=O)N3CCC(N4CC(C)(C)C4)CC3)cn2C1. The first-order chi connectivity index (χ1) is 11.4. The first kappa shape index (κ1) is 16.1. The lowest BCUT2D eigenvalue weighted by Crippen LogP contribution is -2.59. The van der Waals surface area contributed by atoms with Gasteiger partial charge in [0.1, 0.15) is 11.5 Å². The zero-order chi connectivity index (χ0) is 16.9. The van der Waals surface area contributed by atoms with Gasteiger partial charge in [-0.1, -0.05) is 20.8 Å². The van der Waals surface area contributed by atoms with E-state index in [1.54, 1.807) is 0 Å². The molecule has 0 radical (unpaired) electrons. The molecule has 1 aromatic rings. The zero-order valence-electron chi connectivity index (χ0n) is 15.3. The largest absolute Gasteiger partial charge is 0.337 e. The Morgan fingerprint density at radius 1 is 1.21 bits per heavy atom. The molecule has 1 aromatic heterocycles. The van der Waals surface area contributed by atoms with Crippen LogP contribution in [0.4, 0.5) is 0 Å². The van der Waals surface area contributed by atoms with Gasteiger partial charge >= 0.3 is 0 Å². The minimum absolute atomic E-state index is 0.131. The Morgan fingerprint density at radius 3 is 2.58 bits per heavy atom. The summed E-state index contributed by atoms with van der Waals surface area (Å²) in [6.07, 6.45) is 6.37. The van der Waals surface area contributed by atoms with Crippen molar-refractivity contribution in [2.24, 2.45) is 11.3 Å². The smallest absolute Gasteiger partial charge is 0.274 e. The Morgan fingerprint density at radius 2 is 1.92 bits per heavy atom. The number of hydrogen-bond donors (Lipinski definition) is 0. The third-order valence-electron chi connectivity index (χ3n) is 5.98. The molecule has 0 aromatic carbocycles. The number of hydrogen-bond acceptors (Lipinski definition) is 3. The van der Waals surface area contributed by atoms with Crippen LogP contribution in [0.3, 0.4) is 0 Å². The molecule has 1 atom stereocenters. The van der Waals surface area contributed by atoms with E-state index in [1.807, 2.05) is 11.1 Å². The Kier molecular flexibility index (Phi) is 3.94. The number of likely N-dealkylation sites (tertiary alicyclic amines) is 2. The van der Waals surface area contributed by atoms with Crippen LogP contribution in [0.1, 0.15) is 56.3 Å². The maximum atomic E-state index is 12.8. The summed E-state index contributed by atoms with van der Waals surface area (Å²) in [5.74, 6) is 1.91. The standard InChI is InChI=1S/C19H30N4O/c1-14-4-5-17-20-16(11-22(17)10-14)18(24)21-8-6-15(7-9-21)23-12-19(2,3)13-23/h11,14-15H,4-10,12-13H2,1-3H3. The molecule has 1 amide bonds. The van der Waals surface area contributed by atoms with Gasteiger partial charge in [0.2, 0.25) is 0 Å². The predicted octanol–water partition coefficient (Wildman–Crippen LogP) is 2.41. The van der Waals surface area contributed by atoms with Crippen LogP contribution in [-0.4, -0.2) is 57.5 Å². The summed E-state index contributed by atoms with van der Waals surface area (Å²) >= 11 is 0. The van der Waals surface area contributed by atoms with Crippen LogP contribution in [0.15, 0.2) is 6.20 Å². The lowest BCUT2D eigenvalue weighted by molar-refractivity contribution is -0.0249.